The van der Waals surface area contributed by atoms with Crippen LogP contribution in [0.2, 0.25) is 19.6 Å². The van der Waals surface area contributed by atoms with E-state index in [2.05, 4.69) is 19.6 Å². The van der Waals surface area contributed by atoms with Crippen LogP contribution in [0.3, 0.4) is 0 Å². The van der Waals surface area contributed by atoms with Gasteiger partial charge >= 0.3 is 0 Å². The number of hydrogen-bond donors (Lipinski definition) is 0. The molecule has 0 saturated carbocycles. The minimum atomic E-state index is -1.35. The summed E-state index contributed by atoms with van der Waals surface area (Å²) in [4.78, 5) is 0. The molecule has 0 aromatic heterocycles. The molecular weight excluding hydrogens is 171 g/mol. The fraction of sp³-hybridized carbons (Fsp3) is 1.00. The average molecular weight is 185 g/mol. The molecule has 0 aromatic rings. The highest BCUT2D eigenvalue weighted by atomic mass is 35.5. The normalized spacial score (nSPS) is 14.0. The van der Waals surface area contributed by atoms with E-state index in [1.165, 1.54) is 0 Å². The molecule has 0 amide bonds. The van der Waals surface area contributed by atoms with E-state index in [1.807, 2.05) is 6.92 Å². The Hall–Kier alpha value is 0.797. The number of alkyl halides is 2. The third-order valence-electron chi connectivity index (χ3n) is 1.54. The first-order valence-electron chi connectivity index (χ1n) is 3.19. The summed E-state index contributed by atoms with van der Waals surface area (Å²) in [7, 11) is -1.35. The van der Waals surface area contributed by atoms with Gasteiger partial charge in [-0.1, -0.05) is 26.6 Å². The summed E-state index contributed by atoms with van der Waals surface area (Å²) in [6, 6.07) is 0. The Morgan fingerprint density at radius 1 is 1.22 bits per heavy atom. The van der Waals surface area contributed by atoms with Crippen LogP contribution in [0.15, 0.2) is 0 Å². The quantitative estimate of drug-likeness (QED) is 0.456. The summed E-state index contributed by atoms with van der Waals surface area (Å²) in [5, 5.41) is 0. The molecule has 0 radical (unpaired) electrons. The lowest BCUT2D eigenvalue weighted by atomic mass is 10.6. The molecule has 0 aliphatic heterocycles. The molecule has 0 aromatic carbocycles. The minimum Gasteiger partial charge on any atom is -0.106 e. The van der Waals surface area contributed by atoms with Gasteiger partial charge in [0.25, 0.3) is 0 Å². The third-order valence-corrected chi connectivity index (χ3v) is 8.03. The Bertz CT molecular complexity index is 93.7. The van der Waals surface area contributed by atoms with Gasteiger partial charge in [0.05, 0.1) is 8.07 Å². The van der Waals surface area contributed by atoms with Crippen molar-refractivity contribution in [2.24, 2.45) is 0 Å². The zero-order valence-corrected chi connectivity index (χ0v) is 8.97. The Morgan fingerprint density at radius 2 is 1.56 bits per heavy atom. The van der Waals surface area contributed by atoms with Crippen LogP contribution >= 0.6 is 23.2 Å². The third kappa shape index (κ3) is 2.48. The monoisotopic (exact) mass is 184 g/mol. The van der Waals surface area contributed by atoms with Crippen LogP contribution in [0.4, 0.5) is 0 Å². The van der Waals surface area contributed by atoms with E-state index >= 15 is 0 Å². The topological polar surface area (TPSA) is 0 Å². The van der Waals surface area contributed by atoms with Crippen LogP contribution in [0.25, 0.3) is 0 Å². The SMILES string of the molecule is CCC(Cl)(Cl)[Si](C)(C)C. The molecule has 0 atom stereocenters. The van der Waals surface area contributed by atoms with E-state index in [1.54, 1.807) is 0 Å². The second-order valence-corrected chi connectivity index (χ2v) is 10.8. The molecule has 0 aliphatic rings. The lowest BCUT2D eigenvalue weighted by molar-refractivity contribution is 0.934. The van der Waals surface area contributed by atoms with Crippen LogP contribution in [0, 0.1) is 0 Å². The zero-order chi connectivity index (χ0) is 7.71. The molecule has 0 aliphatic carbocycles. The van der Waals surface area contributed by atoms with Gasteiger partial charge in [0, 0.05) is 0 Å². The molecule has 0 heterocycles. The van der Waals surface area contributed by atoms with Crippen LogP contribution < -0.4 is 0 Å². The summed E-state index contributed by atoms with van der Waals surface area (Å²) in [6.45, 7) is 8.56. The van der Waals surface area contributed by atoms with Crippen molar-refractivity contribution in [3.8, 4) is 0 Å². The molecule has 0 fully saturated rings. The Morgan fingerprint density at radius 3 is 1.56 bits per heavy atom. The highest BCUT2D eigenvalue weighted by molar-refractivity contribution is 6.94. The summed E-state index contributed by atoms with van der Waals surface area (Å²) in [5.41, 5.74) is 0. The maximum Gasteiger partial charge on any atom is 0.106 e. The summed E-state index contributed by atoms with van der Waals surface area (Å²) < 4.78 is -0.437. The lowest BCUT2D eigenvalue weighted by Gasteiger charge is -2.30. The van der Waals surface area contributed by atoms with Crippen molar-refractivity contribution in [2.75, 3.05) is 0 Å². The fourth-order valence-corrected chi connectivity index (χ4v) is 1.59. The van der Waals surface area contributed by atoms with Gasteiger partial charge < -0.3 is 0 Å². The van der Waals surface area contributed by atoms with E-state index in [0.29, 0.717) is 0 Å². The molecule has 0 N–H and O–H groups in total. The zero-order valence-electron chi connectivity index (χ0n) is 6.46. The predicted octanol–water partition coefficient (Wildman–Crippen LogP) is 3.45. The van der Waals surface area contributed by atoms with Crippen molar-refractivity contribution in [1.29, 1.82) is 0 Å². The maximum absolute atomic E-state index is 6.02. The van der Waals surface area contributed by atoms with Crippen LogP contribution in [0.5, 0.6) is 0 Å². The molecular formula is C6H14Cl2Si. The molecule has 3 heteroatoms. The van der Waals surface area contributed by atoms with Gasteiger partial charge in [0.15, 0.2) is 0 Å². The van der Waals surface area contributed by atoms with Gasteiger partial charge in [-0.25, -0.2) is 0 Å². The maximum atomic E-state index is 6.02. The fourth-order valence-electron chi connectivity index (χ4n) is 0.530. The summed E-state index contributed by atoms with van der Waals surface area (Å²) in [5.74, 6) is 0. The van der Waals surface area contributed by atoms with Gasteiger partial charge in [0.2, 0.25) is 0 Å². The molecule has 0 spiro atoms. The van der Waals surface area contributed by atoms with Crippen molar-refractivity contribution >= 4 is 31.3 Å². The molecule has 56 valence electrons. The summed E-state index contributed by atoms with van der Waals surface area (Å²) in [6.07, 6.45) is 0.853. The highest BCUT2D eigenvalue weighted by Gasteiger charge is 2.37. The number of hydrogen-bond acceptors (Lipinski definition) is 0. The largest absolute Gasteiger partial charge is 0.106 e. The van der Waals surface area contributed by atoms with E-state index < -0.39 is 12.0 Å². The Kier molecular flexibility index (Phi) is 3.06. The first-order valence-corrected chi connectivity index (χ1v) is 7.44. The molecule has 0 unspecified atom stereocenters. The van der Waals surface area contributed by atoms with Crippen molar-refractivity contribution in [3.05, 3.63) is 0 Å². The van der Waals surface area contributed by atoms with Gasteiger partial charge in [-0.3, -0.25) is 0 Å². The molecule has 0 saturated heterocycles. The van der Waals surface area contributed by atoms with Crippen LogP contribution in [-0.4, -0.2) is 12.0 Å². The first kappa shape index (κ1) is 9.80. The van der Waals surface area contributed by atoms with E-state index in [4.69, 9.17) is 23.2 Å². The van der Waals surface area contributed by atoms with Crippen LogP contribution in [-0.2, 0) is 0 Å². The average Bonchev–Trinajstić information content (AvgIpc) is 1.64. The van der Waals surface area contributed by atoms with E-state index in [9.17, 15) is 0 Å². The van der Waals surface area contributed by atoms with Crippen molar-refractivity contribution in [2.45, 2.75) is 36.9 Å². The van der Waals surface area contributed by atoms with E-state index in [-0.39, 0.29) is 0 Å². The Labute approximate surface area is 68.6 Å². The molecule has 0 bridgehead atoms. The van der Waals surface area contributed by atoms with Crippen molar-refractivity contribution < 1.29 is 0 Å². The van der Waals surface area contributed by atoms with Crippen molar-refractivity contribution in [3.63, 3.8) is 0 Å². The predicted molar refractivity (Wildman–Crippen MR) is 48.1 cm³/mol. The standard InChI is InChI=1S/C6H14Cl2Si/c1-5-6(7,8)9(2,3)4/h5H2,1-4H3. The van der Waals surface area contributed by atoms with Gasteiger partial charge in [-0.2, -0.15) is 0 Å². The van der Waals surface area contributed by atoms with Crippen molar-refractivity contribution in [1.82, 2.24) is 0 Å². The van der Waals surface area contributed by atoms with E-state index in [0.717, 1.165) is 6.42 Å². The summed E-state index contributed by atoms with van der Waals surface area (Å²) >= 11 is 12.0. The van der Waals surface area contributed by atoms with Gasteiger partial charge in [-0.05, 0) is 6.42 Å². The first-order chi connectivity index (χ1) is 3.81. The lowest BCUT2D eigenvalue weighted by Crippen LogP contribution is -2.42. The second kappa shape index (κ2) is 2.81. The molecule has 9 heavy (non-hydrogen) atoms. The number of rotatable bonds is 2. The van der Waals surface area contributed by atoms with Crippen LogP contribution in [0.1, 0.15) is 13.3 Å². The molecule has 0 nitrogen and oxygen atoms in total. The number of halogens is 2. The minimum absolute atomic E-state index is 0.437. The second-order valence-electron chi connectivity index (χ2n) is 3.31. The highest BCUT2D eigenvalue weighted by Crippen LogP contribution is 2.35. The van der Waals surface area contributed by atoms with Gasteiger partial charge in [-0.15, -0.1) is 23.2 Å². The smallest absolute Gasteiger partial charge is 0.106 e. The Balaban J connectivity index is 4.14. The van der Waals surface area contributed by atoms with Gasteiger partial charge in [0.1, 0.15) is 3.96 Å². The molecule has 0 rings (SSSR count).